The lowest BCUT2D eigenvalue weighted by Gasteiger charge is -2.14. The van der Waals surface area contributed by atoms with Crippen molar-refractivity contribution in [3.63, 3.8) is 0 Å². The zero-order valence-electron chi connectivity index (χ0n) is 14.0. The van der Waals surface area contributed by atoms with Crippen molar-refractivity contribution in [3.05, 3.63) is 40.8 Å². The number of hydrogen-bond donors (Lipinski definition) is 2. The molecule has 0 radical (unpaired) electrons. The second-order valence-corrected chi connectivity index (χ2v) is 5.84. The first-order valence-corrected chi connectivity index (χ1v) is 7.99. The number of benzene rings is 1. The van der Waals surface area contributed by atoms with Crippen LogP contribution in [0, 0.1) is 6.92 Å². The van der Waals surface area contributed by atoms with Crippen molar-refractivity contribution in [2.45, 2.75) is 26.3 Å². The van der Waals surface area contributed by atoms with Gasteiger partial charge < -0.3 is 20.1 Å². The molecule has 0 unspecified atom stereocenters. The molecule has 4 rings (SSSR count). The van der Waals surface area contributed by atoms with E-state index in [4.69, 9.17) is 9.47 Å². The smallest absolute Gasteiger partial charge is 0.231 e. The zero-order valence-corrected chi connectivity index (χ0v) is 15.6. The Morgan fingerprint density at radius 3 is 2.76 bits per heavy atom. The quantitative estimate of drug-likeness (QED) is 0.847. The van der Waals surface area contributed by atoms with E-state index in [9.17, 15) is 0 Å². The number of anilines is 1. The van der Waals surface area contributed by atoms with E-state index in [1.807, 2.05) is 19.1 Å². The number of rotatable bonds is 3. The molecule has 0 fully saturated rings. The minimum atomic E-state index is 0. The van der Waals surface area contributed by atoms with Gasteiger partial charge in [-0.25, -0.2) is 9.97 Å². The second-order valence-electron chi connectivity index (χ2n) is 5.84. The van der Waals surface area contributed by atoms with Crippen LogP contribution in [0.2, 0.25) is 0 Å². The van der Waals surface area contributed by atoms with E-state index in [-0.39, 0.29) is 24.8 Å². The Balaban J connectivity index is 0.00000113. The van der Waals surface area contributed by atoms with Crippen molar-refractivity contribution >= 4 is 30.6 Å². The van der Waals surface area contributed by atoms with Crippen molar-refractivity contribution in [3.8, 4) is 11.5 Å². The van der Waals surface area contributed by atoms with E-state index in [0.717, 1.165) is 60.3 Å². The molecule has 1 aromatic heterocycles. The molecule has 0 bridgehead atoms. The topological polar surface area (TPSA) is 68.3 Å². The predicted molar refractivity (Wildman–Crippen MR) is 101 cm³/mol. The average Bonchev–Trinajstić information content (AvgIpc) is 2.89. The van der Waals surface area contributed by atoms with Crippen LogP contribution in [-0.4, -0.2) is 29.9 Å². The predicted octanol–water partition coefficient (Wildman–Crippen LogP) is 2.66. The van der Waals surface area contributed by atoms with Crippen LogP contribution in [-0.2, 0) is 19.4 Å². The van der Waals surface area contributed by atoms with Gasteiger partial charge in [0.25, 0.3) is 0 Å². The van der Waals surface area contributed by atoms with Gasteiger partial charge in [0, 0.05) is 25.1 Å². The Morgan fingerprint density at radius 2 is 1.88 bits per heavy atom. The SMILES string of the molecule is Cc1nc2c(c(NCc3ccc4c(c3)OCO4)n1)CCNCC2.Cl.Cl. The number of halogens is 2. The number of aryl methyl sites for hydroxylation is 1. The summed E-state index contributed by atoms with van der Waals surface area (Å²) < 4.78 is 10.8. The molecule has 2 aliphatic rings. The Bertz CT molecular complexity index is 743. The molecule has 2 aromatic rings. The van der Waals surface area contributed by atoms with Crippen LogP contribution < -0.4 is 20.1 Å². The number of nitrogens with zero attached hydrogens (tertiary/aromatic N) is 2. The van der Waals surface area contributed by atoms with E-state index < -0.39 is 0 Å². The molecule has 0 aliphatic carbocycles. The molecule has 0 amide bonds. The minimum absolute atomic E-state index is 0. The van der Waals surface area contributed by atoms with Gasteiger partial charge in [0.1, 0.15) is 11.6 Å². The van der Waals surface area contributed by atoms with Gasteiger partial charge >= 0.3 is 0 Å². The summed E-state index contributed by atoms with van der Waals surface area (Å²) in [4.78, 5) is 9.22. The lowest BCUT2D eigenvalue weighted by molar-refractivity contribution is 0.174. The highest BCUT2D eigenvalue weighted by Gasteiger charge is 2.16. The van der Waals surface area contributed by atoms with Crippen LogP contribution >= 0.6 is 24.8 Å². The Hall–Kier alpha value is -1.76. The van der Waals surface area contributed by atoms with Crippen molar-refractivity contribution < 1.29 is 9.47 Å². The van der Waals surface area contributed by atoms with Gasteiger partial charge in [0.05, 0.1) is 5.69 Å². The number of aromatic nitrogens is 2. The first kappa shape index (κ1) is 19.6. The molecule has 0 spiro atoms. The normalized spacial score (nSPS) is 14.6. The van der Waals surface area contributed by atoms with Gasteiger partial charge in [0.2, 0.25) is 6.79 Å². The number of hydrogen-bond acceptors (Lipinski definition) is 6. The first-order valence-electron chi connectivity index (χ1n) is 7.99. The second kappa shape index (κ2) is 8.56. The molecule has 8 heteroatoms. The third-order valence-corrected chi connectivity index (χ3v) is 4.19. The third kappa shape index (κ3) is 4.26. The molecule has 3 heterocycles. The van der Waals surface area contributed by atoms with Crippen LogP contribution in [0.5, 0.6) is 11.5 Å². The largest absolute Gasteiger partial charge is 0.454 e. The maximum absolute atomic E-state index is 5.43. The summed E-state index contributed by atoms with van der Waals surface area (Å²) in [5.74, 6) is 3.39. The highest BCUT2D eigenvalue weighted by Crippen LogP contribution is 2.32. The number of ether oxygens (including phenoxy) is 2. The van der Waals surface area contributed by atoms with Crippen molar-refractivity contribution in [2.24, 2.45) is 0 Å². The molecular formula is C17H22Cl2N4O2. The minimum Gasteiger partial charge on any atom is -0.454 e. The Morgan fingerprint density at radius 1 is 1.08 bits per heavy atom. The van der Waals surface area contributed by atoms with Gasteiger partial charge in [-0.2, -0.15) is 0 Å². The summed E-state index contributed by atoms with van der Waals surface area (Å²) in [6, 6.07) is 6.02. The summed E-state index contributed by atoms with van der Waals surface area (Å²) in [6.45, 7) is 4.90. The maximum Gasteiger partial charge on any atom is 0.231 e. The highest BCUT2D eigenvalue weighted by molar-refractivity contribution is 5.85. The molecule has 1 aromatic carbocycles. The van der Waals surface area contributed by atoms with Crippen molar-refractivity contribution in [1.82, 2.24) is 15.3 Å². The van der Waals surface area contributed by atoms with E-state index in [1.54, 1.807) is 0 Å². The van der Waals surface area contributed by atoms with Gasteiger partial charge in [-0.3, -0.25) is 0 Å². The molecule has 2 N–H and O–H groups in total. The third-order valence-electron chi connectivity index (χ3n) is 4.19. The van der Waals surface area contributed by atoms with Gasteiger partial charge in [-0.1, -0.05) is 6.07 Å². The summed E-state index contributed by atoms with van der Waals surface area (Å²) in [7, 11) is 0. The molecule has 0 saturated carbocycles. The van der Waals surface area contributed by atoms with E-state index in [0.29, 0.717) is 13.3 Å². The fourth-order valence-corrected chi connectivity index (χ4v) is 3.05. The van der Waals surface area contributed by atoms with Crippen LogP contribution in [0.3, 0.4) is 0 Å². The molecule has 136 valence electrons. The number of fused-ring (bicyclic) bond motifs is 2. The molecule has 6 nitrogen and oxygen atoms in total. The Kier molecular flexibility index (Phi) is 6.70. The average molecular weight is 385 g/mol. The molecular weight excluding hydrogens is 363 g/mol. The summed E-state index contributed by atoms with van der Waals surface area (Å²) in [5, 5.41) is 6.89. The summed E-state index contributed by atoms with van der Waals surface area (Å²) >= 11 is 0. The van der Waals surface area contributed by atoms with E-state index in [2.05, 4.69) is 26.7 Å². The first-order chi connectivity index (χ1) is 11.3. The standard InChI is InChI=1S/C17H20N4O2.2ClH/c1-11-20-14-5-7-18-6-4-13(14)17(21-11)19-9-12-2-3-15-16(8-12)23-10-22-15;;/h2-3,8,18H,4-7,9-10H2,1H3,(H,19,20,21);2*1H. The number of nitrogens with one attached hydrogen (secondary N) is 2. The van der Waals surface area contributed by atoms with Gasteiger partial charge in [-0.05, 0) is 37.6 Å². The lowest BCUT2D eigenvalue weighted by atomic mass is 10.1. The fourth-order valence-electron chi connectivity index (χ4n) is 3.05. The van der Waals surface area contributed by atoms with Crippen LogP contribution in [0.25, 0.3) is 0 Å². The lowest BCUT2D eigenvalue weighted by Crippen LogP contribution is -2.16. The maximum atomic E-state index is 5.43. The van der Waals surface area contributed by atoms with Crippen LogP contribution in [0.4, 0.5) is 5.82 Å². The molecule has 0 saturated heterocycles. The monoisotopic (exact) mass is 384 g/mol. The highest BCUT2D eigenvalue weighted by atomic mass is 35.5. The fraction of sp³-hybridized carbons (Fsp3) is 0.412. The Labute approximate surface area is 159 Å². The zero-order chi connectivity index (χ0) is 15.6. The van der Waals surface area contributed by atoms with Crippen molar-refractivity contribution in [2.75, 3.05) is 25.2 Å². The molecule has 2 aliphatic heterocycles. The van der Waals surface area contributed by atoms with Gasteiger partial charge in [-0.15, -0.1) is 24.8 Å². The summed E-state index contributed by atoms with van der Waals surface area (Å²) in [6.07, 6.45) is 1.91. The molecule has 0 atom stereocenters. The van der Waals surface area contributed by atoms with E-state index >= 15 is 0 Å². The summed E-state index contributed by atoms with van der Waals surface area (Å²) in [5.41, 5.74) is 3.54. The molecule has 25 heavy (non-hydrogen) atoms. The van der Waals surface area contributed by atoms with Crippen LogP contribution in [0.15, 0.2) is 18.2 Å². The van der Waals surface area contributed by atoms with E-state index in [1.165, 1.54) is 5.56 Å². The van der Waals surface area contributed by atoms with Crippen molar-refractivity contribution in [1.29, 1.82) is 0 Å². The van der Waals surface area contributed by atoms with Crippen LogP contribution in [0.1, 0.15) is 22.6 Å². The van der Waals surface area contributed by atoms with Gasteiger partial charge in [0.15, 0.2) is 11.5 Å².